The summed E-state index contributed by atoms with van der Waals surface area (Å²) in [5.41, 5.74) is -1.59. The van der Waals surface area contributed by atoms with Crippen LogP contribution in [-0.4, -0.2) is 52.4 Å². The Morgan fingerprint density at radius 2 is 1.87 bits per heavy atom. The Morgan fingerprint density at radius 1 is 1.23 bits per heavy atom. The number of carbonyl (C=O) groups excluding carboxylic acids is 2. The topological polar surface area (TPSA) is 76.5 Å². The van der Waals surface area contributed by atoms with Gasteiger partial charge in [-0.3, -0.25) is 4.79 Å². The zero-order valence-electron chi connectivity index (χ0n) is 16.1. The van der Waals surface area contributed by atoms with Crippen molar-refractivity contribution in [3.63, 3.8) is 0 Å². The van der Waals surface area contributed by atoms with E-state index in [2.05, 4.69) is 10.4 Å². The number of nitrogens with zero attached hydrogens (tertiary/aromatic N) is 3. The number of halogens is 4. The van der Waals surface area contributed by atoms with Gasteiger partial charge in [-0.2, -0.15) is 18.3 Å². The molecule has 1 fully saturated rings. The standard InChI is InChI=1S/C19H20ClF3N4O3/c1-2-30-18(29)26-9-7-13(8-10-26)25-17(28)15-11-24-27(16(15)19(21,22)23)14-5-3-12(20)4-6-14/h3-6,11,13H,2,7-10H2,1H3,(H,25,28). The van der Waals surface area contributed by atoms with Crippen LogP contribution in [0, 0.1) is 0 Å². The first-order valence-corrected chi connectivity index (χ1v) is 9.72. The maximum atomic E-state index is 13.7. The molecule has 30 heavy (non-hydrogen) atoms. The maximum Gasteiger partial charge on any atom is 0.434 e. The Bertz CT molecular complexity index is 907. The number of alkyl halides is 3. The molecule has 162 valence electrons. The van der Waals surface area contributed by atoms with Crippen molar-refractivity contribution in [1.29, 1.82) is 0 Å². The van der Waals surface area contributed by atoms with Crippen LogP contribution in [0.25, 0.3) is 5.69 Å². The average Bonchev–Trinajstić information content (AvgIpc) is 3.15. The molecule has 0 spiro atoms. The monoisotopic (exact) mass is 444 g/mol. The van der Waals surface area contributed by atoms with Crippen molar-refractivity contribution in [1.82, 2.24) is 20.0 Å². The predicted octanol–water partition coefficient (Wildman–Crippen LogP) is 3.90. The highest BCUT2D eigenvalue weighted by atomic mass is 35.5. The van der Waals surface area contributed by atoms with E-state index < -0.39 is 29.4 Å². The Balaban J connectivity index is 1.75. The van der Waals surface area contributed by atoms with Crippen LogP contribution < -0.4 is 5.32 Å². The molecule has 11 heteroatoms. The van der Waals surface area contributed by atoms with E-state index in [0.29, 0.717) is 35.6 Å². The minimum absolute atomic E-state index is 0.133. The number of nitrogens with one attached hydrogen (secondary N) is 1. The van der Waals surface area contributed by atoms with Crippen molar-refractivity contribution in [2.45, 2.75) is 32.0 Å². The number of rotatable bonds is 4. The second kappa shape index (κ2) is 8.95. The molecule has 0 radical (unpaired) electrons. The summed E-state index contributed by atoms with van der Waals surface area (Å²) in [5, 5.41) is 6.76. The van der Waals surface area contributed by atoms with E-state index in [1.54, 1.807) is 6.92 Å². The van der Waals surface area contributed by atoms with Crippen LogP contribution in [-0.2, 0) is 10.9 Å². The molecule has 2 amide bonds. The third-order valence-electron chi connectivity index (χ3n) is 4.71. The van der Waals surface area contributed by atoms with Crippen LogP contribution in [0.4, 0.5) is 18.0 Å². The zero-order valence-corrected chi connectivity index (χ0v) is 16.8. The molecule has 2 aromatic rings. The van der Waals surface area contributed by atoms with Crippen molar-refractivity contribution < 1.29 is 27.5 Å². The summed E-state index contributed by atoms with van der Waals surface area (Å²) < 4.78 is 46.8. The molecule has 3 rings (SSSR count). The van der Waals surface area contributed by atoms with Crippen LogP contribution in [0.15, 0.2) is 30.5 Å². The average molecular weight is 445 g/mol. The SMILES string of the molecule is CCOC(=O)N1CCC(NC(=O)c2cnn(-c3ccc(Cl)cc3)c2C(F)(F)F)CC1. The highest BCUT2D eigenvalue weighted by Gasteiger charge is 2.41. The Hall–Kier alpha value is -2.75. The third kappa shape index (κ3) is 4.86. The molecule has 1 saturated heterocycles. The largest absolute Gasteiger partial charge is 0.450 e. The molecule has 1 aliphatic rings. The first kappa shape index (κ1) is 21.9. The van der Waals surface area contributed by atoms with Crippen molar-refractivity contribution in [2.75, 3.05) is 19.7 Å². The number of amides is 2. The molecule has 0 atom stereocenters. The Morgan fingerprint density at radius 3 is 2.43 bits per heavy atom. The molecule has 7 nitrogen and oxygen atoms in total. The van der Waals surface area contributed by atoms with Gasteiger partial charge >= 0.3 is 12.3 Å². The molecule has 2 heterocycles. The molecule has 0 saturated carbocycles. The fourth-order valence-electron chi connectivity index (χ4n) is 3.25. The van der Waals surface area contributed by atoms with Gasteiger partial charge in [0.15, 0.2) is 5.69 Å². The summed E-state index contributed by atoms with van der Waals surface area (Å²) in [4.78, 5) is 25.8. The maximum absolute atomic E-state index is 13.7. The van der Waals surface area contributed by atoms with Crippen molar-refractivity contribution >= 4 is 23.6 Å². The molecule has 1 aliphatic heterocycles. The van der Waals surface area contributed by atoms with E-state index in [0.717, 1.165) is 6.20 Å². The van der Waals surface area contributed by atoms with Crippen LogP contribution >= 0.6 is 11.6 Å². The van der Waals surface area contributed by atoms with Gasteiger partial charge in [-0.05, 0) is 44.0 Å². The second-order valence-electron chi connectivity index (χ2n) is 6.73. The summed E-state index contributed by atoms with van der Waals surface area (Å²) >= 11 is 5.79. The fraction of sp³-hybridized carbons (Fsp3) is 0.421. The molecular weight excluding hydrogens is 425 g/mol. The molecule has 1 N–H and O–H groups in total. The number of aromatic nitrogens is 2. The van der Waals surface area contributed by atoms with Crippen LogP contribution in [0.5, 0.6) is 0 Å². The van der Waals surface area contributed by atoms with Crippen molar-refractivity contribution in [3.05, 3.63) is 46.7 Å². The number of carbonyl (C=O) groups is 2. The van der Waals surface area contributed by atoms with Gasteiger partial charge in [-0.25, -0.2) is 9.48 Å². The lowest BCUT2D eigenvalue weighted by Gasteiger charge is -2.31. The number of likely N-dealkylation sites (tertiary alicyclic amines) is 1. The quantitative estimate of drug-likeness (QED) is 0.776. The van der Waals surface area contributed by atoms with Crippen LogP contribution in [0.1, 0.15) is 35.8 Å². The number of piperidine rings is 1. The minimum Gasteiger partial charge on any atom is -0.450 e. The van der Waals surface area contributed by atoms with Crippen LogP contribution in [0.2, 0.25) is 5.02 Å². The first-order chi connectivity index (χ1) is 14.2. The van der Waals surface area contributed by atoms with Gasteiger partial charge in [0.25, 0.3) is 5.91 Å². The Labute approximate surface area is 175 Å². The van der Waals surface area contributed by atoms with E-state index in [9.17, 15) is 22.8 Å². The summed E-state index contributed by atoms with van der Waals surface area (Å²) in [7, 11) is 0. The van der Waals surface area contributed by atoms with E-state index in [1.807, 2.05) is 0 Å². The van der Waals surface area contributed by atoms with Gasteiger partial charge in [-0.1, -0.05) is 11.6 Å². The second-order valence-corrected chi connectivity index (χ2v) is 7.16. The fourth-order valence-corrected chi connectivity index (χ4v) is 3.38. The van der Waals surface area contributed by atoms with E-state index in [1.165, 1.54) is 29.2 Å². The highest BCUT2D eigenvalue weighted by molar-refractivity contribution is 6.30. The van der Waals surface area contributed by atoms with Gasteiger partial charge in [0.05, 0.1) is 24.1 Å². The number of benzene rings is 1. The highest BCUT2D eigenvalue weighted by Crippen LogP contribution is 2.34. The zero-order chi connectivity index (χ0) is 21.9. The van der Waals surface area contributed by atoms with Gasteiger partial charge in [0, 0.05) is 24.2 Å². The summed E-state index contributed by atoms with van der Waals surface area (Å²) in [6.07, 6.45) is -3.50. The molecule has 0 bridgehead atoms. The van der Waals surface area contributed by atoms with Gasteiger partial charge in [0.2, 0.25) is 0 Å². The van der Waals surface area contributed by atoms with E-state index in [-0.39, 0.29) is 18.3 Å². The lowest BCUT2D eigenvalue weighted by Crippen LogP contribution is -2.46. The van der Waals surface area contributed by atoms with Crippen molar-refractivity contribution in [2.24, 2.45) is 0 Å². The summed E-state index contributed by atoms with van der Waals surface area (Å²) in [6, 6.07) is 5.29. The van der Waals surface area contributed by atoms with Gasteiger partial charge in [-0.15, -0.1) is 0 Å². The molecule has 0 unspecified atom stereocenters. The normalized spacial score (nSPS) is 15.2. The molecular formula is C19H20ClF3N4O3. The Kier molecular flexibility index (Phi) is 6.55. The third-order valence-corrected chi connectivity index (χ3v) is 4.96. The summed E-state index contributed by atoms with van der Waals surface area (Å²) in [6.45, 7) is 2.65. The molecule has 1 aromatic heterocycles. The van der Waals surface area contributed by atoms with Gasteiger partial charge < -0.3 is 15.0 Å². The van der Waals surface area contributed by atoms with E-state index in [4.69, 9.17) is 16.3 Å². The predicted molar refractivity (Wildman–Crippen MR) is 103 cm³/mol. The van der Waals surface area contributed by atoms with Crippen LogP contribution in [0.3, 0.4) is 0 Å². The van der Waals surface area contributed by atoms with Gasteiger partial charge in [0.1, 0.15) is 0 Å². The molecule has 1 aromatic carbocycles. The lowest BCUT2D eigenvalue weighted by molar-refractivity contribution is -0.143. The smallest absolute Gasteiger partial charge is 0.434 e. The summed E-state index contributed by atoms with van der Waals surface area (Å²) in [5.74, 6) is -0.864. The first-order valence-electron chi connectivity index (χ1n) is 9.34. The number of ether oxygens (including phenoxy) is 1. The number of hydrogen-bond donors (Lipinski definition) is 1. The molecule has 0 aliphatic carbocycles. The minimum atomic E-state index is -4.80. The van der Waals surface area contributed by atoms with E-state index >= 15 is 0 Å². The lowest BCUT2D eigenvalue weighted by atomic mass is 10.0. The van der Waals surface area contributed by atoms with Crippen molar-refractivity contribution in [3.8, 4) is 5.69 Å². The number of hydrogen-bond acceptors (Lipinski definition) is 4.